The number of carbonyl (C=O) groups is 2. The molecule has 1 aliphatic heterocycles. The number of hydrogen-bond acceptors (Lipinski definition) is 3. The van der Waals surface area contributed by atoms with Crippen molar-refractivity contribution in [1.29, 1.82) is 0 Å². The van der Waals surface area contributed by atoms with Gasteiger partial charge in [0.2, 0.25) is 11.8 Å². The molecule has 1 atom stereocenters. The summed E-state index contributed by atoms with van der Waals surface area (Å²) in [6, 6.07) is 12.7. The van der Waals surface area contributed by atoms with Crippen LogP contribution in [-0.4, -0.2) is 36.4 Å². The van der Waals surface area contributed by atoms with Crippen LogP contribution in [0.15, 0.2) is 42.5 Å². The lowest BCUT2D eigenvalue weighted by Gasteiger charge is -2.30. The summed E-state index contributed by atoms with van der Waals surface area (Å²) >= 11 is 0. The van der Waals surface area contributed by atoms with Gasteiger partial charge in [-0.15, -0.1) is 0 Å². The molecule has 30 heavy (non-hydrogen) atoms. The van der Waals surface area contributed by atoms with E-state index in [-0.39, 0.29) is 24.1 Å². The summed E-state index contributed by atoms with van der Waals surface area (Å²) in [5.41, 5.74) is 2.11. The maximum atomic E-state index is 14.4. The predicted molar refractivity (Wildman–Crippen MR) is 114 cm³/mol. The molecule has 0 spiro atoms. The standard InChI is InChI=1S/C24H29FN2O3/c1-17-4-6-18(7-5-17)16-27(2)23(29)11-13-24(12-10-22(28)26-24)15-19-14-20(30-3)8-9-21(19)25/h4-9,14H,10-13,15-16H2,1-3H3,(H,26,28). The first-order valence-corrected chi connectivity index (χ1v) is 10.2. The summed E-state index contributed by atoms with van der Waals surface area (Å²) in [6.45, 7) is 2.56. The second kappa shape index (κ2) is 9.28. The number of amides is 2. The number of hydrogen-bond donors (Lipinski definition) is 1. The van der Waals surface area contributed by atoms with Crippen molar-refractivity contribution in [1.82, 2.24) is 10.2 Å². The lowest BCUT2D eigenvalue weighted by atomic mass is 9.84. The maximum absolute atomic E-state index is 14.4. The molecule has 2 aromatic carbocycles. The molecule has 1 saturated heterocycles. The van der Waals surface area contributed by atoms with Gasteiger partial charge in [0.05, 0.1) is 7.11 Å². The van der Waals surface area contributed by atoms with Gasteiger partial charge < -0.3 is 15.0 Å². The quantitative estimate of drug-likeness (QED) is 0.718. The summed E-state index contributed by atoms with van der Waals surface area (Å²) in [5, 5.41) is 3.01. The Labute approximate surface area is 177 Å². The largest absolute Gasteiger partial charge is 0.497 e. The molecule has 0 radical (unpaired) electrons. The van der Waals surface area contributed by atoms with Crippen molar-refractivity contribution in [2.24, 2.45) is 0 Å². The minimum absolute atomic E-state index is 0.00205. The molecule has 1 aliphatic rings. The van der Waals surface area contributed by atoms with E-state index in [0.29, 0.717) is 43.5 Å². The van der Waals surface area contributed by atoms with Gasteiger partial charge in [-0.2, -0.15) is 0 Å². The molecule has 5 nitrogen and oxygen atoms in total. The highest BCUT2D eigenvalue weighted by atomic mass is 19.1. The molecule has 0 bridgehead atoms. The zero-order chi connectivity index (χ0) is 21.7. The third-order valence-corrected chi connectivity index (χ3v) is 5.80. The molecular weight excluding hydrogens is 383 g/mol. The first-order valence-electron chi connectivity index (χ1n) is 10.2. The monoisotopic (exact) mass is 412 g/mol. The van der Waals surface area contributed by atoms with Gasteiger partial charge in [0.15, 0.2) is 0 Å². The molecule has 3 rings (SSSR count). The number of nitrogens with zero attached hydrogens (tertiary/aromatic N) is 1. The highest BCUT2D eigenvalue weighted by Crippen LogP contribution is 2.32. The van der Waals surface area contributed by atoms with E-state index >= 15 is 0 Å². The van der Waals surface area contributed by atoms with E-state index in [9.17, 15) is 14.0 Å². The fourth-order valence-electron chi connectivity index (χ4n) is 3.95. The molecule has 0 aromatic heterocycles. The van der Waals surface area contributed by atoms with Crippen LogP contribution in [0.2, 0.25) is 0 Å². The zero-order valence-corrected chi connectivity index (χ0v) is 17.8. The van der Waals surface area contributed by atoms with Crippen LogP contribution in [0, 0.1) is 12.7 Å². The Kier molecular flexibility index (Phi) is 6.75. The van der Waals surface area contributed by atoms with Crippen LogP contribution in [0.4, 0.5) is 4.39 Å². The summed E-state index contributed by atoms with van der Waals surface area (Å²) in [4.78, 5) is 26.4. The Bertz CT molecular complexity index is 913. The van der Waals surface area contributed by atoms with Gasteiger partial charge in [0.1, 0.15) is 11.6 Å². The lowest BCUT2D eigenvalue weighted by Crippen LogP contribution is -2.44. The fraction of sp³-hybridized carbons (Fsp3) is 0.417. The van der Waals surface area contributed by atoms with Crippen LogP contribution in [-0.2, 0) is 22.6 Å². The highest BCUT2D eigenvalue weighted by molar-refractivity contribution is 5.80. The number of rotatable bonds is 8. The molecule has 2 amide bonds. The molecule has 2 aromatic rings. The number of carbonyl (C=O) groups excluding carboxylic acids is 2. The molecule has 1 heterocycles. The van der Waals surface area contributed by atoms with Crippen LogP contribution >= 0.6 is 0 Å². The molecule has 1 unspecified atom stereocenters. The number of aryl methyl sites for hydroxylation is 1. The van der Waals surface area contributed by atoms with Crippen molar-refractivity contribution in [2.75, 3.05) is 14.2 Å². The van der Waals surface area contributed by atoms with Crippen molar-refractivity contribution in [3.05, 3.63) is 65.0 Å². The summed E-state index contributed by atoms with van der Waals surface area (Å²) in [6.07, 6.45) is 2.05. The molecule has 0 saturated carbocycles. The van der Waals surface area contributed by atoms with Crippen LogP contribution in [0.3, 0.4) is 0 Å². The van der Waals surface area contributed by atoms with Crippen molar-refractivity contribution in [3.8, 4) is 5.75 Å². The maximum Gasteiger partial charge on any atom is 0.222 e. The fourth-order valence-corrected chi connectivity index (χ4v) is 3.95. The lowest BCUT2D eigenvalue weighted by molar-refractivity contribution is -0.131. The third-order valence-electron chi connectivity index (χ3n) is 5.80. The predicted octanol–water partition coefficient (Wildman–Crippen LogP) is 3.77. The van der Waals surface area contributed by atoms with Gasteiger partial charge in [-0.25, -0.2) is 4.39 Å². The molecule has 160 valence electrons. The second-order valence-corrected chi connectivity index (χ2v) is 8.20. The van der Waals surface area contributed by atoms with Gasteiger partial charge in [0, 0.05) is 32.0 Å². The first-order chi connectivity index (χ1) is 14.3. The minimum Gasteiger partial charge on any atom is -0.497 e. The van der Waals surface area contributed by atoms with Gasteiger partial charge in [-0.05, 0) is 55.5 Å². The Morgan fingerprint density at radius 1 is 1.23 bits per heavy atom. The third kappa shape index (κ3) is 5.38. The summed E-state index contributed by atoms with van der Waals surface area (Å²) < 4.78 is 19.6. The molecule has 6 heteroatoms. The first kappa shape index (κ1) is 21.8. The van der Waals surface area contributed by atoms with Crippen LogP contribution in [0.1, 0.15) is 42.4 Å². The van der Waals surface area contributed by atoms with Gasteiger partial charge >= 0.3 is 0 Å². The molecule has 0 aliphatic carbocycles. The van der Waals surface area contributed by atoms with Crippen molar-refractivity contribution in [3.63, 3.8) is 0 Å². The van der Waals surface area contributed by atoms with Gasteiger partial charge in [0.25, 0.3) is 0 Å². The number of ether oxygens (including phenoxy) is 1. The van der Waals surface area contributed by atoms with Gasteiger partial charge in [-0.1, -0.05) is 29.8 Å². The van der Waals surface area contributed by atoms with E-state index in [1.807, 2.05) is 31.2 Å². The Balaban J connectivity index is 1.67. The Morgan fingerprint density at radius 2 is 1.97 bits per heavy atom. The van der Waals surface area contributed by atoms with Crippen molar-refractivity contribution < 1.29 is 18.7 Å². The molecular formula is C24H29FN2O3. The Morgan fingerprint density at radius 3 is 2.60 bits per heavy atom. The van der Waals surface area contributed by atoms with Crippen molar-refractivity contribution in [2.45, 2.75) is 51.1 Å². The van der Waals surface area contributed by atoms with Crippen molar-refractivity contribution >= 4 is 11.8 Å². The minimum atomic E-state index is -0.620. The number of halogens is 1. The average Bonchev–Trinajstić information content (AvgIpc) is 3.10. The summed E-state index contributed by atoms with van der Waals surface area (Å²) in [5.74, 6) is 0.180. The van der Waals surface area contributed by atoms with E-state index in [1.165, 1.54) is 18.7 Å². The van der Waals surface area contributed by atoms with E-state index in [1.54, 1.807) is 24.1 Å². The van der Waals surface area contributed by atoms with Crippen LogP contribution in [0.5, 0.6) is 5.75 Å². The molecule has 1 N–H and O–H groups in total. The average molecular weight is 413 g/mol. The number of nitrogens with one attached hydrogen (secondary N) is 1. The number of benzene rings is 2. The smallest absolute Gasteiger partial charge is 0.222 e. The SMILES string of the molecule is COc1ccc(F)c(CC2(CCC(=O)N(C)Cc3ccc(C)cc3)CCC(=O)N2)c1. The summed E-state index contributed by atoms with van der Waals surface area (Å²) in [7, 11) is 3.32. The molecule has 1 fully saturated rings. The van der Waals surface area contributed by atoms with E-state index in [4.69, 9.17) is 4.74 Å². The van der Waals surface area contributed by atoms with E-state index in [0.717, 1.165) is 5.56 Å². The van der Waals surface area contributed by atoms with E-state index < -0.39 is 5.54 Å². The highest BCUT2D eigenvalue weighted by Gasteiger charge is 2.38. The normalized spacial score (nSPS) is 18.2. The van der Waals surface area contributed by atoms with Crippen LogP contribution < -0.4 is 10.1 Å². The zero-order valence-electron chi connectivity index (χ0n) is 17.8. The topological polar surface area (TPSA) is 58.6 Å². The second-order valence-electron chi connectivity index (χ2n) is 8.20. The van der Waals surface area contributed by atoms with Crippen LogP contribution in [0.25, 0.3) is 0 Å². The number of methoxy groups -OCH3 is 1. The Hall–Kier alpha value is -2.89. The van der Waals surface area contributed by atoms with E-state index in [2.05, 4.69) is 5.32 Å². The van der Waals surface area contributed by atoms with Gasteiger partial charge in [-0.3, -0.25) is 9.59 Å².